The molecule has 5 nitrogen and oxygen atoms in total. The van der Waals surface area contributed by atoms with E-state index in [1.165, 1.54) is 55.0 Å². The Morgan fingerprint density at radius 3 is 2.09 bits per heavy atom. The monoisotopic (exact) mass is 899 g/mol. The van der Waals surface area contributed by atoms with Gasteiger partial charge in [-0.25, -0.2) is 0 Å². The van der Waals surface area contributed by atoms with E-state index < -0.39 is 0 Å². The Morgan fingerprint density at radius 2 is 1.35 bits per heavy atom. The van der Waals surface area contributed by atoms with Gasteiger partial charge in [0.2, 0.25) is 0 Å². The Bertz CT molecular complexity index is 3230. The fraction of sp³-hybridized carbons (Fsp3) is 0.254. The lowest BCUT2D eigenvalue weighted by atomic mass is 9.88. The maximum atomic E-state index is 11.2. The van der Waals surface area contributed by atoms with Crippen molar-refractivity contribution in [3.8, 4) is 17.2 Å². The normalized spacial score (nSPS) is 14.2. The standard InChI is InChI=1S/C63H66N2O3/c1-11-47-36-56(37-53(43(47)6)34-52-29-32-62(67)59(44(52)7)38-54-35-55(66)33-39(2)42(54)5)68-63-50(25-23-40(3)64-60-30-27-48-17-12-14-21-57(48)45(60)8)19-16-20-51(63)26-24-41(4)65(10)61-31-28-49-18-13-15-22-58(49)46(61)9/h12-15,17-18,21-33,35-37,66-67H,11,16,19-20,34,38H2,1-10H3/b25-23+,41-24+,51-26+,64-40+. The highest BCUT2D eigenvalue weighted by Crippen LogP contribution is 2.37. The van der Waals surface area contributed by atoms with E-state index in [2.05, 4.69) is 183 Å². The van der Waals surface area contributed by atoms with Crippen molar-refractivity contribution in [2.24, 2.45) is 4.99 Å². The molecule has 0 saturated heterocycles. The Hall–Kier alpha value is -7.11. The van der Waals surface area contributed by atoms with Crippen LogP contribution in [0.2, 0.25) is 0 Å². The predicted octanol–water partition coefficient (Wildman–Crippen LogP) is 16.1. The van der Waals surface area contributed by atoms with Gasteiger partial charge in [-0.05, 0) is 230 Å². The summed E-state index contributed by atoms with van der Waals surface area (Å²) < 4.78 is 7.22. The third kappa shape index (κ3) is 10.1. The number of phenols is 2. The molecular formula is C63H66N2O3. The Labute approximate surface area is 404 Å². The number of aromatic hydroxyl groups is 2. The Balaban J connectivity index is 1.17. The van der Waals surface area contributed by atoms with Crippen molar-refractivity contribution >= 4 is 38.6 Å². The molecular weight excluding hydrogens is 833 g/mol. The third-order valence-corrected chi connectivity index (χ3v) is 14.4. The first-order valence-corrected chi connectivity index (χ1v) is 24.1. The van der Waals surface area contributed by atoms with Gasteiger partial charge in [-0.15, -0.1) is 0 Å². The van der Waals surface area contributed by atoms with E-state index in [1.54, 1.807) is 6.07 Å². The van der Waals surface area contributed by atoms with Gasteiger partial charge in [0.1, 0.15) is 23.0 Å². The van der Waals surface area contributed by atoms with Crippen LogP contribution in [0.3, 0.4) is 0 Å². The van der Waals surface area contributed by atoms with Gasteiger partial charge < -0.3 is 19.8 Å². The number of fused-ring (bicyclic) bond motifs is 2. The first-order valence-electron chi connectivity index (χ1n) is 24.1. The van der Waals surface area contributed by atoms with Gasteiger partial charge in [-0.1, -0.05) is 85.8 Å². The molecule has 1 aliphatic carbocycles. The summed E-state index contributed by atoms with van der Waals surface area (Å²) in [6.07, 6.45) is 13.7. The second kappa shape index (κ2) is 20.4. The number of aryl methyl sites for hydroxylation is 4. The molecule has 1 aliphatic rings. The van der Waals surface area contributed by atoms with Crippen LogP contribution >= 0.6 is 0 Å². The molecule has 0 unspecified atom stereocenters. The van der Waals surface area contributed by atoms with E-state index in [1.807, 2.05) is 19.1 Å². The summed E-state index contributed by atoms with van der Waals surface area (Å²) in [6.45, 7) is 19.2. The Kier molecular flexibility index (Phi) is 14.2. The van der Waals surface area contributed by atoms with Crippen molar-refractivity contribution in [1.29, 1.82) is 0 Å². The molecule has 8 rings (SSSR count). The largest absolute Gasteiger partial charge is 0.508 e. The average molecular weight is 899 g/mol. The number of anilines is 1. The second-order valence-electron chi connectivity index (χ2n) is 18.8. The molecule has 0 aliphatic heterocycles. The van der Waals surface area contributed by atoms with Crippen molar-refractivity contribution in [1.82, 2.24) is 0 Å². The molecule has 0 radical (unpaired) electrons. The van der Waals surface area contributed by atoms with Crippen LogP contribution in [0.15, 0.2) is 161 Å². The minimum absolute atomic E-state index is 0.245. The van der Waals surface area contributed by atoms with Crippen molar-refractivity contribution in [3.63, 3.8) is 0 Å². The molecule has 5 heteroatoms. The van der Waals surface area contributed by atoms with Crippen LogP contribution in [0.5, 0.6) is 17.2 Å². The quantitative estimate of drug-likeness (QED) is 0.113. The molecule has 2 N–H and O–H groups in total. The van der Waals surface area contributed by atoms with Gasteiger partial charge in [0.15, 0.2) is 0 Å². The number of aliphatic imine (C=N–C) groups is 1. The van der Waals surface area contributed by atoms with E-state index in [0.29, 0.717) is 12.8 Å². The van der Waals surface area contributed by atoms with Crippen LogP contribution in [0, 0.1) is 41.5 Å². The maximum Gasteiger partial charge on any atom is 0.133 e. The highest BCUT2D eigenvalue weighted by atomic mass is 16.5. The molecule has 7 aromatic rings. The zero-order valence-corrected chi connectivity index (χ0v) is 41.6. The molecule has 0 amide bonds. The second-order valence-corrected chi connectivity index (χ2v) is 18.8. The molecule has 0 spiro atoms. The van der Waals surface area contributed by atoms with Crippen molar-refractivity contribution in [2.75, 3.05) is 11.9 Å². The van der Waals surface area contributed by atoms with E-state index in [4.69, 9.17) is 9.73 Å². The summed E-state index contributed by atoms with van der Waals surface area (Å²) in [4.78, 5) is 7.38. The molecule has 0 bridgehead atoms. The molecule has 0 saturated carbocycles. The van der Waals surface area contributed by atoms with Crippen LogP contribution in [0.1, 0.15) is 101 Å². The lowest BCUT2D eigenvalue weighted by molar-refractivity contribution is 0.414. The molecule has 0 aromatic heterocycles. The summed E-state index contributed by atoms with van der Waals surface area (Å²) in [6, 6.07) is 37.7. The highest BCUT2D eigenvalue weighted by molar-refractivity contribution is 5.97. The van der Waals surface area contributed by atoms with Crippen LogP contribution in [0.25, 0.3) is 21.5 Å². The lowest BCUT2D eigenvalue weighted by Crippen LogP contribution is -2.15. The lowest BCUT2D eigenvalue weighted by Gasteiger charge is -2.25. The zero-order valence-electron chi connectivity index (χ0n) is 41.6. The van der Waals surface area contributed by atoms with Crippen molar-refractivity contribution in [3.05, 3.63) is 217 Å². The van der Waals surface area contributed by atoms with E-state index in [9.17, 15) is 10.2 Å². The smallest absolute Gasteiger partial charge is 0.133 e. The van der Waals surface area contributed by atoms with Gasteiger partial charge in [-0.2, -0.15) is 0 Å². The predicted molar refractivity (Wildman–Crippen MR) is 288 cm³/mol. The number of hydrogen-bond donors (Lipinski definition) is 2. The van der Waals surface area contributed by atoms with E-state index >= 15 is 0 Å². The van der Waals surface area contributed by atoms with Crippen LogP contribution in [-0.4, -0.2) is 23.0 Å². The van der Waals surface area contributed by atoms with E-state index in [0.717, 1.165) is 98.8 Å². The first kappa shape index (κ1) is 47.4. The number of ether oxygens (including phenoxy) is 1. The molecule has 68 heavy (non-hydrogen) atoms. The maximum absolute atomic E-state index is 11.2. The van der Waals surface area contributed by atoms with Crippen LogP contribution < -0.4 is 9.64 Å². The number of allylic oxidation sites excluding steroid dienone is 7. The fourth-order valence-electron chi connectivity index (χ4n) is 9.87. The van der Waals surface area contributed by atoms with Gasteiger partial charge in [0.05, 0.1) is 5.69 Å². The fourth-order valence-corrected chi connectivity index (χ4v) is 9.87. The zero-order chi connectivity index (χ0) is 48.2. The first-order chi connectivity index (χ1) is 32.7. The number of hydrogen-bond acceptors (Lipinski definition) is 5. The van der Waals surface area contributed by atoms with Crippen molar-refractivity contribution < 1.29 is 14.9 Å². The van der Waals surface area contributed by atoms with Crippen LogP contribution in [0.4, 0.5) is 11.4 Å². The van der Waals surface area contributed by atoms with Gasteiger partial charge in [0.25, 0.3) is 0 Å². The summed E-state index contributed by atoms with van der Waals surface area (Å²) in [5.74, 6) is 2.23. The minimum atomic E-state index is 0.245. The van der Waals surface area contributed by atoms with E-state index in [-0.39, 0.29) is 11.5 Å². The minimum Gasteiger partial charge on any atom is -0.508 e. The number of phenolic OH excluding ortho intramolecular Hbond substituents is 2. The summed E-state index contributed by atoms with van der Waals surface area (Å²) in [7, 11) is 2.15. The van der Waals surface area contributed by atoms with Gasteiger partial charge in [-0.3, -0.25) is 4.99 Å². The van der Waals surface area contributed by atoms with Gasteiger partial charge >= 0.3 is 0 Å². The molecule has 0 atom stereocenters. The SMILES string of the molecule is CCc1cc(OC2=C(/C=C/C(C)=N/c3ccc4ccccc4c3C)CCC/C2=C\C=C(/C)N(C)c2ccc3ccccc3c2C)cc(Cc2ccc(O)c(Cc3cc(O)cc(C)c3C)c2C)c1C. The third-order valence-electron chi connectivity index (χ3n) is 14.4. The topological polar surface area (TPSA) is 65.3 Å². The average Bonchev–Trinajstić information content (AvgIpc) is 3.33. The number of rotatable bonds is 13. The highest BCUT2D eigenvalue weighted by Gasteiger charge is 2.21. The summed E-state index contributed by atoms with van der Waals surface area (Å²) >= 11 is 0. The van der Waals surface area contributed by atoms with Crippen molar-refractivity contribution in [2.45, 2.75) is 101 Å². The number of nitrogens with zero attached hydrogens (tertiary/aromatic N) is 2. The molecule has 0 fully saturated rings. The molecule has 7 aromatic carbocycles. The summed E-state index contributed by atoms with van der Waals surface area (Å²) in [5, 5.41) is 26.6. The Morgan fingerprint density at radius 1 is 0.676 bits per heavy atom. The van der Waals surface area contributed by atoms with Gasteiger partial charge in [0, 0.05) is 36.1 Å². The number of benzene rings is 7. The van der Waals surface area contributed by atoms with Crippen LogP contribution in [-0.2, 0) is 19.3 Å². The molecule has 0 heterocycles. The summed E-state index contributed by atoms with van der Waals surface area (Å²) in [5.41, 5.74) is 18.9. The molecule has 346 valence electrons.